The first kappa shape index (κ1) is 16.3. The first-order valence-electron chi connectivity index (χ1n) is 8.23. The number of hydrogen-bond acceptors (Lipinski definition) is 5. The fraction of sp³-hybridized carbons (Fsp3) is 0.190. The van der Waals surface area contributed by atoms with Crippen molar-refractivity contribution in [2.45, 2.75) is 19.4 Å². The van der Waals surface area contributed by atoms with Gasteiger partial charge in [-0.05, 0) is 49.8 Å². The number of methoxy groups -OCH3 is 1. The highest BCUT2D eigenvalue weighted by molar-refractivity contribution is 5.84. The Labute approximate surface area is 150 Å². The molecule has 0 fully saturated rings. The predicted octanol–water partition coefficient (Wildman–Crippen LogP) is 4.36. The molecule has 2 heterocycles. The average molecular weight is 350 g/mol. The summed E-state index contributed by atoms with van der Waals surface area (Å²) >= 11 is 0. The van der Waals surface area contributed by atoms with E-state index in [-0.39, 0.29) is 11.2 Å². The Bertz CT molecular complexity index is 1110. The second-order valence-corrected chi connectivity index (χ2v) is 6.79. The van der Waals surface area contributed by atoms with Gasteiger partial charge in [-0.1, -0.05) is 6.08 Å². The van der Waals surface area contributed by atoms with E-state index in [2.05, 4.69) is 0 Å². The van der Waals surface area contributed by atoms with E-state index in [1.807, 2.05) is 32.1 Å². The van der Waals surface area contributed by atoms with Gasteiger partial charge in [0.2, 0.25) is 0 Å². The second kappa shape index (κ2) is 5.66. The summed E-state index contributed by atoms with van der Waals surface area (Å²) in [5.41, 5.74) is 1.68. The molecule has 0 bridgehead atoms. The molecule has 0 atom stereocenters. The molecule has 1 aliphatic heterocycles. The quantitative estimate of drug-likeness (QED) is 0.744. The smallest absolute Gasteiger partial charge is 0.200 e. The summed E-state index contributed by atoms with van der Waals surface area (Å²) in [4.78, 5) is 12.9. The molecular weight excluding hydrogens is 332 g/mol. The van der Waals surface area contributed by atoms with Crippen LogP contribution in [0.2, 0.25) is 0 Å². The topological polar surface area (TPSA) is 68.9 Å². The van der Waals surface area contributed by atoms with Crippen molar-refractivity contribution in [1.82, 2.24) is 0 Å². The molecule has 26 heavy (non-hydrogen) atoms. The fourth-order valence-electron chi connectivity index (χ4n) is 3.07. The van der Waals surface area contributed by atoms with Crippen molar-refractivity contribution in [2.75, 3.05) is 7.11 Å². The largest absolute Gasteiger partial charge is 0.508 e. The molecule has 0 radical (unpaired) electrons. The van der Waals surface area contributed by atoms with Gasteiger partial charge in [0, 0.05) is 11.6 Å². The number of aromatic hydroxyl groups is 1. The van der Waals surface area contributed by atoms with E-state index in [1.54, 1.807) is 19.2 Å². The Morgan fingerprint density at radius 2 is 1.96 bits per heavy atom. The van der Waals surface area contributed by atoms with Crippen LogP contribution < -0.4 is 14.9 Å². The lowest BCUT2D eigenvalue weighted by Crippen LogP contribution is -2.27. The molecule has 0 saturated carbocycles. The number of rotatable bonds is 2. The molecule has 0 amide bonds. The molecule has 0 spiro atoms. The monoisotopic (exact) mass is 350 g/mol. The molecule has 2 aromatic carbocycles. The lowest BCUT2D eigenvalue weighted by molar-refractivity contribution is 0.152. The number of fused-ring (bicyclic) bond motifs is 2. The van der Waals surface area contributed by atoms with Crippen LogP contribution in [0.4, 0.5) is 0 Å². The molecule has 4 rings (SSSR count). The SMILES string of the molecule is COc1cc(-c2coc3cc(O)ccc3c2=O)cc2c1OC(C)(C)C=C2. The van der Waals surface area contributed by atoms with E-state index < -0.39 is 5.60 Å². The zero-order valence-electron chi connectivity index (χ0n) is 14.7. The molecule has 5 nitrogen and oxygen atoms in total. The number of phenolic OH excluding ortho intramolecular Hbond substituents is 1. The second-order valence-electron chi connectivity index (χ2n) is 6.79. The van der Waals surface area contributed by atoms with Crippen molar-refractivity contribution in [1.29, 1.82) is 0 Å². The molecule has 0 saturated heterocycles. The molecule has 1 aromatic heterocycles. The van der Waals surface area contributed by atoms with Crippen LogP contribution in [0.15, 0.2) is 51.9 Å². The Morgan fingerprint density at radius 3 is 2.73 bits per heavy atom. The third-order valence-electron chi connectivity index (χ3n) is 4.40. The minimum Gasteiger partial charge on any atom is -0.508 e. The third kappa shape index (κ3) is 2.62. The van der Waals surface area contributed by atoms with Gasteiger partial charge < -0.3 is 19.0 Å². The van der Waals surface area contributed by atoms with Crippen molar-refractivity contribution in [2.24, 2.45) is 0 Å². The van der Waals surface area contributed by atoms with Crippen LogP contribution >= 0.6 is 0 Å². The Hall–Kier alpha value is -3.21. The maximum atomic E-state index is 12.9. The van der Waals surface area contributed by atoms with E-state index in [9.17, 15) is 9.90 Å². The summed E-state index contributed by atoms with van der Waals surface area (Å²) in [5.74, 6) is 1.26. The maximum Gasteiger partial charge on any atom is 0.200 e. The Morgan fingerprint density at radius 1 is 1.15 bits per heavy atom. The zero-order valence-corrected chi connectivity index (χ0v) is 14.7. The van der Waals surface area contributed by atoms with Gasteiger partial charge in [0.05, 0.1) is 18.1 Å². The van der Waals surface area contributed by atoms with Gasteiger partial charge >= 0.3 is 0 Å². The van der Waals surface area contributed by atoms with Gasteiger partial charge in [-0.3, -0.25) is 4.79 Å². The van der Waals surface area contributed by atoms with Gasteiger partial charge in [-0.25, -0.2) is 0 Å². The van der Waals surface area contributed by atoms with Crippen molar-refractivity contribution < 1.29 is 19.0 Å². The maximum absolute atomic E-state index is 12.9. The molecule has 132 valence electrons. The number of benzene rings is 2. The first-order chi connectivity index (χ1) is 12.4. The van der Waals surface area contributed by atoms with E-state index in [4.69, 9.17) is 13.9 Å². The minimum absolute atomic E-state index is 0.0498. The number of phenols is 1. The summed E-state index contributed by atoms with van der Waals surface area (Å²) in [5, 5.41) is 9.96. The number of hydrogen-bond donors (Lipinski definition) is 1. The first-order valence-corrected chi connectivity index (χ1v) is 8.23. The predicted molar refractivity (Wildman–Crippen MR) is 99.9 cm³/mol. The molecule has 1 aliphatic rings. The van der Waals surface area contributed by atoms with Crippen LogP contribution in [0.1, 0.15) is 19.4 Å². The normalized spacial score (nSPS) is 14.7. The van der Waals surface area contributed by atoms with Crippen LogP contribution in [0.5, 0.6) is 17.2 Å². The highest BCUT2D eigenvalue weighted by atomic mass is 16.5. The standard InChI is InChI=1S/C21H18O5/c1-21(2)7-6-12-8-13(9-18(24-3)20(12)26-21)16-11-25-17-10-14(22)4-5-15(17)19(16)23/h4-11,22H,1-3H3. The van der Waals surface area contributed by atoms with Gasteiger partial charge in [-0.2, -0.15) is 0 Å². The lowest BCUT2D eigenvalue weighted by atomic mass is 9.97. The van der Waals surface area contributed by atoms with Gasteiger partial charge in [-0.15, -0.1) is 0 Å². The summed E-state index contributed by atoms with van der Waals surface area (Å²) < 4.78 is 17.1. The van der Waals surface area contributed by atoms with Crippen molar-refractivity contribution in [3.63, 3.8) is 0 Å². The highest BCUT2D eigenvalue weighted by Gasteiger charge is 2.25. The van der Waals surface area contributed by atoms with Crippen molar-refractivity contribution >= 4 is 17.0 Å². The molecular formula is C21H18O5. The summed E-state index contributed by atoms with van der Waals surface area (Å²) in [7, 11) is 1.57. The van der Waals surface area contributed by atoms with Gasteiger partial charge in [0.1, 0.15) is 23.2 Å². The van der Waals surface area contributed by atoms with Crippen LogP contribution in [0.3, 0.4) is 0 Å². The summed E-state index contributed by atoms with van der Waals surface area (Å²) in [6.07, 6.45) is 5.33. The van der Waals surface area contributed by atoms with Crippen LogP contribution in [-0.4, -0.2) is 17.8 Å². The summed E-state index contributed by atoms with van der Waals surface area (Å²) in [6, 6.07) is 8.09. The van der Waals surface area contributed by atoms with Crippen LogP contribution in [-0.2, 0) is 0 Å². The van der Waals surface area contributed by atoms with E-state index in [0.717, 1.165) is 5.56 Å². The molecule has 3 aromatic rings. The molecule has 5 heteroatoms. The molecule has 1 N–H and O–H groups in total. The van der Waals surface area contributed by atoms with Crippen LogP contribution in [0, 0.1) is 0 Å². The molecule has 0 unspecified atom stereocenters. The van der Waals surface area contributed by atoms with Crippen LogP contribution in [0.25, 0.3) is 28.2 Å². The van der Waals surface area contributed by atoms with E-state index in [0.29, 0.717) is 33.6 Å². The minimum atomic E-state index is -0.425. The summed E-state index contributed by atoms with van der Waals surface area (Å²) in [6.45, 7) is 3.93. The fourth-order valence-corrected chi connectivity index (χ4v) is 3.07. The van der Waals surface area contributed by atoms with Gasteiger partial charge in [0.15, 0.2) is 16.9 Å². The zero-order chi connectivity index (χ0) is 18.5. The van der Waals surface area contributed by atoms with Crippen molar-refractivity contribution in [3.05, 3.63) is 58.5 Å². The van der Waals surface area contributed by atoms with E-state index in [1.165, 1.54) is 18.4 Å². The third-order valence-corrected chi connectivity index (χ3v) is 4.40. The lowest BCUT2D eigenvalue weighted by Gasteiger charge is -2.29. The number of ether oxygens (including phenoxy) is 2. The average Bonchev–Trinajstić information content (AvgIpc) is 2.60. The molecule has 0 aliphatic carbocycles. The van der Waals surface area contributed by atoms with E-state index >= 15 is 0 Å². The highest BCUT2D eigenvalue weighted by Crippen LogP contribution is 2.41. The Balaban J connectivity index is 1.92. The van der Waals surface area contributed by atoms with Gasteiger partial charge in [0.25, 0.3) is 0 Å². The Kier molecular flexibility index (Phi) is 3.54. The van der Waals surface area contributed by atoms with Crippen molar-refractivity contribution in [3.8, 4) is 28.4 Å².